The van der Waals surface area contributed by atoms with Crippen LogP contribution in [0.3, 0.4) is 0 Å². The first-order chi connectivity index (χ1) is 10.7. The zero-order valence-corrected chi connectivity index (χ0v) is 12.7. The van der Waals surface area contributed by atoms with Crippen LogP contribution in [0.2, 0.25) is 0 Å². The number of rotatable bonds is 4. The van der Waals surface area contributed by atoms with Crippen LogP contribution >= 0.6 is 12.2 Å². The Hall–Kier alpha value is -2.60. The molecule has 0 radical (unpaired) electrons. The third kappa shape index (κ3) is 2.87. The second kappa shape index (κ2) is 6.03. The number of hydrogen-bond donors (Lipinski definition) is 1. The average molecular weight is 314 g/mol. The van der Waals surface area contributed by atoms with Crippen LogP contribution in [-0.4, -0.2) is 23.0 Å². The fourth-order valence-corrected chi connectivity index (χ4v) is 2.40. The van der Waals surface area contributed by atoms with E-state index in [0.717, 1.165) is 11.3 Å². The van der Waals surface area contributed by atoms with E-state index in [0.29, 0.717) is 23.1 Å². The van der Waals surface area contributed by atoms with Crippen molar-refractivity contribution < 1.29 is 13.9 Å². The highest BCUT2D eigenvalue weighted by Gasteiger charge is 2.31. The molecule has 1 N–H and O–H groups in total. The lowest BCUT2D eigenvalue weighted by Gasteiger charge is -2.11. The highest BCUT2D eigenvalue weighted by atomic mass is 32.1. The van der Waals surface area contributed by atoms with Gasteiger partial charge < -0.3 is 14.5 Å². The van der Waals surface area contributed by atoms with Crippen molar-refractivity contribution in [2.45, 2.75) is 6.54 Å². The molecule has 6 heteroatoms. The summed E-state index contributed by atoms with van der Waals surface area (Å²) in [7, 11) is 1.61. The number of amides is 1. The predicted molar refractivity (Wildman–Crippen MR) is 86.0 cm³/mol. The van der Waals surface area contributed by atoms with E-state index in [4.69, 9.17) is 21.4 Å². The molecule has 0 saturated carbocycles. The molecule has 5 nitrogen and oxygen atoms in total. The first kappa shape index (κ1) is 14.3. The fraction of sp³-hybridized carbons (Fsp3) is 0.125. The standard InChI is InChI=1S/C16H14N2O3S/c1-20-12-6-4-11(5-7-12)9-14-15(19)18(16(22)17-14)10-13-3-2-8-21-13/h2-9H,10H2,1H3,(H,17,22). The molecule has 1 amide bonds. The predicted octanol–water partition coefficient (Wildman–Crippen LogP) is 2.55. The molecule has 22 heavy (non-hydrogen) atoms. The second-order valence-corrected chi connectivity index (χ2v) is 5.12. The van der Waals surface area contributed by atoms with Crippen LogP contribution < -0.4 is 10.1 Å². The van der Waals surface area contributed by atoms with Gasteiger partial charge in [-0.2, -0.15) is 0 Å². The smallest absolute Gasteiger partial charge is 0.276 e. The summed E-state index contributed by atoms with van der Waals surface area (Å²) < 4.78 is 10.4. The molecule has 1 aromatic heterocycles. The quantitative estimate of drug-likeness (QED) is 0.694. The Balaban J connectivity index is 1.78. The maximum atomic E-state index is 12.4. The molecule has 2 aromatic rings. The van der Waals surface area contributed by atoms with Gasteiger partial charge in [-0.3, -0.25) is 9.69 Å². The van der Waals surface area contributed by atoms with Gasteiger partial charge in [0, 0.05) is 0 Å². The van der Waals surface area contributed by atoms with Crippen LogP contribution in [0.15, 0.2) is 52.8 Å². The van der Waals surface area contributed by atoms with Gasteiger partial charge in [0.25, 0.3) is 5.91 Å². The van der Waals surface area contributed by atoms with Gasteiger partial charge in [0.2, 0.25) is 0 Å². The zero-order valence-electron chi connectivity index (χ0n) is 11.9. The van der Waals surface area contributed by atoms with Crippen LogP contribution in [0.1, 0.15) is 11.3 Å². The molecule has 1 saturated heterocycles. The summed E-state index contributed by atoms with van der Waals surface area (Å²) in [4.78, 5) is 13.9. The molecule has 1 aliphatic rings. The lowest BCUT2D eigenvalue weighted by Crippen LogP contribution is -2.29. The van der Waals surface area contributed by atoms with Crippen molar-refractivity contribution in [1.29, 1.82) is 0 Å². The Labute approximate surface area is 133 Å². The number of hydrogen-bond acceptors (Lipinski definition) is 4. The Bertz CT molecular complexity index is 720. The second-order valence-electron chi connectivity index (χ2n) is 4.73. The average Bonchev–Trinajstić information content (AvgIpc) is 3.13. The topological polar surface area (TPSA) is 54.7 Å². The van der Waals surface area contributed by atoms with Crippen LogP contribution in [0.25, 0.3) is 6.08 Å². The number of benzene rings is 1. The van der Waals surface area contributed by atoms with Crippen molar-refractivity contribution in [2.24, 2.45) is 0 Å². The monoisotopic (exact) mass is 314 g/mol. The van der Waals surface area contributed by atoms with Crippen LogP contribution in [0.4, 0.5) is 0 Å². The number of thiocarbonyl (C=S) groups is 1. The van der Waals surface area contributed by atoms with E-state index >= 15 is 0 Å². The summed E-state index contributed by atoms with van der Waals surface area (Å²) in [5.74, 6) is 1.28. The summed E-state index contributed by atoms with van der Waals surface area (Å²) >= 11 is 5.21. The number of furan rings is 1. The molecule has 2 heterocycles. The van der Waals surface area contributed by atoms with Crippen LogP contribution in [0, 0.1) is 0 Å². The molecule has 0 aliphatic carbocycles. The maximum Gasteiger partial charge on any atom is 0.276 e. The minimum Gasteiger partial charge on any atom is -0.497 e. The summed E-state index contributed by atoms with van der Waals surface area (Å²) in [6.45, 7) is 0.317. The number of carbonyl (C=O) groups is 1. The largest absolute Gasteiger partial charge is 0.497 e. The molecular weight excluding hydrogens is 300 g/mol. The normalized spacial score (nSPS) is 16.2. The van der Waals surface area contributed by atoms with Gasteiger partial charge >= 0.3 is 0 Å². The van der Waals surface area contributed by atoms with Crippen LogP contribution in [0.5, 0.6) is 5.75 Å². The minimum atomic E-state index is -0.169. The fourth-order valence-electron chi connectivity index (χ4n) is 2.14. The number of nitrogens with zero attached hydrogens (tertiary/aromatic N) is 1. The summed E-state index contributed by atoms with van der Waals surface area (Å²) in [5.41, 5.74) is 1.33. The summed E-state index contributed by atoms with van der Waals surface area (Å²) in [6, 6.07) is 11.0. The summed E-state index contributed by atoms with van der Waals surface area (Å²) in [6.07, 6.45) is 3.33. The minimum absolute atomic E-state index is 0.169. The third-order valence-electron chi connectivity index (χ3n) is 3.28. The molecular formula is C16H14N2O3S. The lowest BCUT2D eigenvalue weighted by molar-refractivity contribution is -0.122. The number of carbonyl (C=O) groups excluding carboxylic acids is 1. The van der Waals surface area contributed by atoms with E-state index in [1.54, 1.807) is 31.6 Å². The van der Waals surface area contributed by atoms with Gasteiger partial charge in [-0.05, 0) is 48.1 Å². The maximum absolute atomic E-state index is 12.4. The Morgan fingerprint density at radius 3 is 2.73 bits per heavy atom. The molecule has 1 aliphatic heterocycles. The van der Waals surface area contributed by atoms with Crippen molar-refractivity contribution in [2.75, 3.05) is 7.11 Å². The SMILES string of the molecule is COc1ccc(C=C2NC(=S)N(Cc3ccco3)C2=O)cc1. The lowest BCUT2D eigenvalue weighted by atomic mass is 10.2. The van der Waals surface area contributed by atoms with Gasteiger partial charge in [0.1, 0.15) is 17.2 Å². The third-order valence-corrected chi connectivity index (χ3v) is 3.61. The highest BCUT2D eigenvalue weighted by Crippen LogP contribution is 2.18. The number of methoxy groups -OCH3 is 1. The molecule has 0 unspecified atom stereocenters. The van der Waals surface area contributed by atoms with Crippen LogP contribution in [-0.2, 0) is 11.3 Å². The molecule has 1 aromatic carbocycles. The van der Waals surface area contributed by atoms with Gasteiger partial charge in [-0.25, -0.2) is 0 Å². The van der Waals surface area contributed by atoms with E-state index in [-0.39, 0.29) is 5.91 Å². The Kier molecular flexibility index (Phi) is 3.93. The number of ether oxygens (including phenoxy) is 1. The van der Waals surface area contributed by atoms with Gasteiger partial charge in [-0.1, -0.05) is 12.1 Å². The van der Waals surface area contributed by atoms with Crippen molar-refractivity contribution in [3.8, 4) is 5.75 Å². The van der Waals surface area contributed by atoms with Crippen molar-refractivity contribution in [1.82, 2.24) is 10.2 Å². The molecule has 0 atom stereocenters. The van der Waals surface area contributed by atoms with E-state index in [1.165, 1.54) is 4.90 Å². The Morgan fingerprint density at radius 2 is 2.09 bits per heavy atom. The first-order valence-corrected chi connectivity index (χ1v) is 7.09. The summed E-state index contributed by atoms with van der Waals surface area (Å²) in [5, 5.41) is 3.32. The first-order valence-electron chi connectivity index (χ1n) is 6.68. The van der Waals surface area contributed by atoms with Crippen molar-refractivity contribution in [3.05, 3.63) is 59.7 Å². The van der Waals surface area contributed by atoms with E-state index < -0.39 is 0 Å². The van der Waals surface area contributed by atoms with E-state index in [2.05, 4.69) is 5.32 Å². The molecule has 0 spiro atoms. The Morgan fingerprint density at radius 1 is 1.32 bits per heavy atom. The molecule has 112 valence electrons. The van der Waals surface area contributed by atoms with Gasteiger partial charge in [0.15, 0.2) is 5.11 Å². The van der Waals surface area contributed by atoms with E-state index in [9.17, 15) is 4.79 Å². The van der Waals surface area contributed by atoms with Crippen molar-refractivity contribution in [3.63, 3.8) is 0 Å². The van der Waals surface area contributed by atoms with Gasteiger partial charge in [-0.15, -0.1) is 0 Å². The molecule has 1 fully saturated rings. The van der Waals surface area contributed by atoms with Gasteiger partial charge in [0.05, 0.1) is 19.9 Å². The molecule has 0 bridgehead atoms. The number of nitrogens with one attached hydrogen (secondary N) is 1. The molecule has 3 rings (SSSR count). The van der Waals surface area contributed by atoms with Crippen molar-refractivity contribution >= 4 is 29.3 Å². The highest BCUT2D eigenvalue weighted by molar-refractivity contribution is 7.80. The zero-order chi connectivity index (χ0) is 15.5. The van der Waals surface area contributed by atoms with E-state index in [1.807, 2.05) is 24.3 Å².